The van der Waals surface area contributed by atoms with Crippen LogP contribution in [0.25, 0.3) is 53.2 Å². The van der Waals surface area contributed by atoms with Crippen molar-refractivity contribution in [1.82, 2.24) is 0 Å². The Kier molecular flexibility index (Phi) is 7.72. The molecule has 1 spiro atoms. The SMILES string of the molecule is c1ccc(N(c2ccccc2)c2cccc3c2-c2ccccc2C32c3ccccc3-c3c2c(N(c2ccccc2)c2ccc4c(c2)sc2ccccc24)cc2ccccc32)cc1. The van der Waals surface area contributed by atoms with E-state index < -0.39 is 5.41 Å². The molecule has 1 heterocycles. The van der Waals surface area contributed by atoms with Gasteiger partial charge in [0, 0.05) is 54.0 Å². The molecule has 2 aliphatic rings. The first-order valence-electron chi connectivity index (χ1n) is 21.4. The molecule has 0 fully saturated rings. The van der Waals surface area contributed by atoms with Gasteiger partial charge in [0.25, 0.3) is 0 Å². The van der Waals surface area contributed by atoms with E-state index in [1.807, 2.05) is 11.3 Å². The van der Waals surface area contributed by atoms with Crippen LogP contribution >= 0.6 is 11.3 Å². The molecule has 1 atom stereocenters. The molecule has 290 valence electrons. The number of rotatable bonds is 6. The van der Waals surface area contributed by atoms with E-state index in [1.165, 1.54) is 81.1 Å². The summed E-state index contributed by atoms with van der Waals surface area (Å²) in [6, 6.07) is 85.4. The van der Waals surface area contributed by atoms with Gasteiger partial charge in [0.05, 0.1) is 16.8 Å². The standard InChI is InChI=1S/C59H38N2S/c1-4-20-40(21-5-1)60(41-22-6-2-7-23-41)52-33-18-32-51-57(52)48-29-13-16-31-50(48)59(51)49-30-15-12-28-47(49)56-44-26-11-10-19-39(44)37-53(58(56)59)61(42-24-8-3-9-25-42)43-35-36-46-45-27-14-17-34-54(45)62-55(46)38-43/h1-38H. The molecule has 0 N–H and O–H groups in total. The second-order valence-corrected chi connectivity index (χ2v) is 17.4. The summed E-state index contributed by atoms with van der Waals surface area (Å²) in [6.45, 7) is 0. The molecule has 0 aliphatic heterocycles. The Morgan fingerprint density at radius 2 is 0.839 bits per heavy atom. The van der Waals surface area contributed by atoms with E-state index in [9.17, 15) is 0 Å². The highest BCUT2D eigenvalue weighted by Crippen LogP contribution is 2.68. The van der Waals surface area contributed by atoms with Gasteiger partial charge >= 0.3 is 0 Å². The van der Waals surface area contributed by atoms with E-state index in [2.05, 4.69) is 240 Å². The second-order valence-electron chi connectivity index (χ2n) is 16.4. The highest BCUT2D eigenvalue weighted by Gasteiger charge is 2.54. The van der Waals surface area contributed by atoms with Crippen molar-refractivity contribution in [2.75, 3.05) is 9.80 Å². The molecule has 0 amide bonds. The molecule has 62 heavy (non-hydrogen) atoms. The van der Waals surface area contributed by atoms with Gasteiger partial charge in [0.15, 0.2) is 0 Å². The minimum Gasteiger partial charge on any atom is -0.310 e. The summed E-state index contributed by atoms with van der Waals surface area (Å²) in [4.78, 5) is 4.97. The number of hydrogen-bond donors (Lipinski definition) is 0. The molecule has 0 saturated carbocycles. The van der Waals surface area contributed by atoms with Crippen molar-refractivity contribution >= 4 is 76.4 Å². The zero-order valence-electron chi connectivity index (χ0n) is 33.7. The average Bonchev–Trinajstić information content (AvgIpc) is 3.97. The van der Waals surface area contributed by atoms with Crippen LogP contribution in [0.4, 0.5) is 34.1 Å². The Balaban J connectivity index is 1.17. The lowest BCUT2D eigenvalue weighted by atomic mass is 9.69. The van der Waals surface area contributed by atoms with Crippen LogP contribution in [0.5, 0.6) is 0 Å². The van der Waals surface area contributed by atoms with Crippen LogP contribution in [0, 0.1) is 0 Å². The Morgan fingerprint density at radius 1 is 0.323 bits per heavy atom. The number of fused-ring (bicyclic) bond motifs is 15. The van der Waals surface area contributed by atoms with Gasteiger partial charge in [0.1, 0.15) is 0 Å². The van der Waals surface area contributed by atoms with Crippen LogP contribution in [0.15, 0.2) is 231 Å². The molecule has 1 unspecified atom stereocenters. The van der Waals surface area contributed by atoms with Gasteiger partial charge in [-0.25, -0.2) is 0 Å². The maximum absolute atomic E-state index is 2.54. The first-order chi connectivity index (χ1) is 30.8. The molecule has 0 radical (unpaired) electrons. The zero-order chi connectivity index (χ0) is 40.8. The number of para-hydroxylation sites is 3. The van der Waals surface area contributed by atoms with E-state index in [0.717, 1.165) is 28.4 Å². The van der Waals surface area contributed by atoms with Crippen LogP contribution in [-0.2, 0) is 5.41 Å². The third-order valence-corrected chi connectivity index (χ3v) is 14.3. The van der Waals surface area contributed by atoms with Gasteiger partial charge in [0.2, 0.25) is 0 Å². The fourth-order valence-corrected chi connectivity index (χ4v) is 12.0. The number of nitrogens with zero attached hydrogens (tertiary/aromatic N) is 2. The van der Waals surface area contributed by atoms with Crippen molar-refractivity contribution in [2.24, 2.45) is 0 Å². The van der Waals surface area contributed by atoms with Crippen molar-refractivity contribution in [3.8, 4) is 22.3 Å². The quantitative estimate of drug-likeness (QED) is 0.165. The summed E-state index contributed by atoms with van der Waals surface area (Å²) in [5.74, 6) is 0. The van der Waals surface area contributed by atoms with Gasteiger partial charge in [-0.05, 0) is 111 Å². The lowest BCUT2D eigenvalue weighted by molar-refractivity contribution is 0.793. The molecule has 3 heteroatoms. The number of benzene rings is 10. The van der Waals surface area contributed by atoms with Crippen LogP contribution in [0.2, 0.25) is 0 Å². The molecule has 10 aromatic carbocycles. The lowest BCUT2D eigenvalue weighted by Crippen LogP contribution is -2.28. The molecular weight excluding hydrogens is 769 g/mol. The topological polar surface area (TPSA) is 6.48 Å². The van der Waals surface area contributed by atoms with Gasteiger partial charge in [-0.3, -0.25) is 0 Å². The fourth-order valence-electron chi connectivity index (χ4n) is 10.8. The van der Waals surface area contributed by atoms with Gasteiger partial charge < -0.3 is 9.80 Å². The molecular formula is C59H38N2S. The third kappa shape index (κ3) is 4.91. The van der Waals surface area contributed by atoms with E-state index >= 15 is 0 Å². The Morgan fingerprint density at radius 3 is 1.52 bits per heavy atom. The van der Waals surface area contributed by atoms with Crippen LogP contribution in [0.1, 0.15) is 22.3 Å². The first-order valence-corrected chi connectivity index (χ1v) is 22.2. The fraction of sp³-hybridized carbons (Fsp3) is 0.0169. The Hall–Kier alpha value is -7.72. The molecule has 11 aromatic rings. The molecule has 13 rings (SSSR count). The van der Waals surface area contributed by atoms with Gasteiger partial charge in [-0.2, -0.15) is 0 Å². The highest BCUT2D eigenvalue weighted by molar-refractivity contribution is 7.25. The van der Waals surface area contributed by atoms with E-state index in [-0.39, 0.29) is 0 Å². The molecule has 1 aromatic heterocycles. The van der Waals surface area contributed by atoms with Crippen LogP contribution in [-0.4, -0.2) is 0 Å². The minimum atomic E-state index is -0.638. The number of hydrogen-bond acceptors (Lipinski definition) is 3. The summed E-state index contributed by atoms with van der Waals surface area (Å²) < 4.78 is 2.59. The smallest absolute Gasteiger partial charge is 0.0747 e. The summed E-state index contributed by atoms with van der Waals surface area (Å²) in [6.07, 6.45) is 0. The predicted octanol–water partition coefficient (Wildman–Crippen LogP) is 16.5. The van der Waals surface area contributed by atoms with E-state index in [0.29, 0.717) is 0 Å². The maximum Gasteiger partial charge on any atom is 0.0747 e. The van der Waals surface area contributed by atoms with Crippen molar-refractivity contribution in [3.05, 3.63) is 253 Å². The molecule has 2 aliphatic carbocycles. The summed E-state index contributed by atoms with van der Waals surface area (Å²) in [7, 11) is 0. The van der Waals surface area contributed by atoms with Gasteiger partial charge in [-0.1, -0.05) is 164 Å². The zero-order valence-corrected chi connectivity index (χ0v) is 34.6. The number of thiophene rings is 1. The monoisotopic (exact) mass is 806 g/mol. The second kappa shape index (κ2) is 13.7. The van der Waals surface area contributed by atoms with Crippen LogP contribution < -0.4 is 9.80 Å². The van der Waals surface area contributed by atoms with Gasteiger partial charge in [-0.15, -0.1) is 11.3 Å². The maximum atomic E-state index is 2.54. The molecule has 2 nitrogen and oxygen atoms in total. The largest absolute Gasteiger partial charge is 0.310 e. The first kappa shape index (κ1) is 35.1. The van der Waals surface area contributed by atoms with Crippen molar-refractivity contribution < 1.29 is 0 Å². The summed E-state index contributed by atoms with van der Waals surface area (Å²) in [5, 5.41) is 5.08. The van der Waals surface area contributed by atoms with E-state index in [4.69, 9.17) is 0 Å². The summed E-state index contributed by atoms with van der Waals surface area (Å²) >= 11 is 1.87. The lowest BCUT2D eigenvalue weighted by Gasteiger charge is -2.36. The minimum absolute atomic E-state index is 0.638. The average molecular weight is 807 g/mol. The van der Waals surface area contributed by atoms with E-state index in [1.54, 1.807) is 0 Å². The van der Waals surface area contributed by atoms with Crippen molar-refractivity contribution in [1.29, 1.82) is 0 Å². The predicted molar refractivity (Wildman–Crippen MR) is 263 cm³/mol. The molecule has 0 bridgehead atoms. The number of anilines is 6. The Bertz CT molecular complexity index is 3500. The van der Waals surface area contributed by atoms with Crippen LogP contribution in [0.3, 0.4) is 0 Å². The third-order valence-electron chi connectivity index (χ3n) is 13.2. The van der Waals surface area contributed by atoms with Crippen molar-refractivity contribution in [2.45, 2.75) is 5.41 Å². The summed E-state index contributed by atoms with van der Waals surface area (Å²) in [5.41, 5.74) is 16.5. The molecule has 0 saturated heterocycles. The Labute approximate surface area is 364 Å². The van der Waals surface area contributed by atoms with Crippen molar-refractivity contribution in [3.63, 3.8) is 0 Å². The normalized spacial score (nSPS) is 14.5. The highest BCUT2D eigenvalue weighted by atomic mass is 32.1.